The second kappa shape index (κ2) is 3.07. The van der Waals surface area contributed by atoms with Gasteiger partial charge in [-0.2, -0.15) is 0 Å². The van der Waals surface area contributed by atoms with E-state index in [0.717, 1.165) is 15.8 Å². The molecular formula is C8H6BrClN2. The highest BCUT2D eigenvalue weighted by atomic mass is 79.9. The van der Waals surface area contributed by atoms with Gasteiger partial charge in [0.15, 0.2) is 0 Å². The van der Waals surface area contributed by atoms with Crippen LogP contribution in [-0.2, 0) is 5.88 Å². The Morgan fingerprint density at radius 1 is 1.42 bits per heavy atom. The monoisotopic (exact) mass is 244 g/mol. The van der Waals surface area contributed by atoms with Crippen molar-refractivity contribution in [2.75, 3.05) is 0 Å². The van der Waals surface area contributed by atoms with Gasteiger partial charge in [-0.15, -0.1) is 11.6 Å². The molecule has 0 aliphatic heterocycles. The topological polar surface area (TPSA) is 17.3 Å². The maximum absolute atomic E-state index is 5.65. The van der Waals surface area contributed by atoms with E-state index in [9.17, 15) is 0 Å². The molecule has 2 heterocycles. The summed E-state index contributed by atoms with van der Waals surface area (Å²) in [5.74, 6) is 0.458. The van der Waals surface area contributed by atoms with Crippen molar-refractivity contribution < 1.29 is 0 Å². The predicted octanol–water partition coefficient (Wildman–Crippen LogP) is 2.84. The molecular weight excluding hydrogens is 239 g/mol. The van der Waals surface area contributed by atoms with Crippen LogP contribution < -0.4 is 0 Å². The van der Waals surface area contributed by atoms with Gasteiger partial charge < -0.3 is 4.40 Å². The van der Waals surface area contributed by atoms with Gasteiger partial charge in [-0.05, 0) is 28.1 Å². The van der Waals surface area contributed by atoms with E-state index in [-0.39, 0.29) is 0 Å². The molecule has 0 aliphatic carbocycles. The van der Waals surface area contributed by atoms with Crippen molar-refractivity contribution in [3.8, 4) is 0 Å². The number of hydrogen-bond acceptors (Lipinski definition) is 1. The van der Waals surface area contributed by atoms with E-state index in [4.69, 9.17) is 11.6 Å². The maximum atomic E-state index is 5.65. The molecule has 4 heteroatoms. The fourth-order valence-corrected chi connectivity index (χ4v) is 1.56. The Hall–Kier alpha value is -0.540. The average Bonchev–Trinajstić information content (AvgIpc) is 2.46. The Morgan fingerprint density at radius 2 is 2.25 bits per heavy atom. The van der Waals surface area contributed by atoms with Crippen molar-refractivity contribution in [2.45, 2.75) is 5.88 Å². The number of nitrogens with zero attached hydrogens (tertiary/aromatic N) is 2. The minimum atomic E-state index is 0.458. The van der Waals surface area contributed by atoms with Crippen molar-refractivity contribution >= 4 is 33.2 Å². The average molecular weight is 246 g/mol. The summed E-state index contributed by atoms with van der Waals surface area (Å²) in [6, 6.07) is 3.90. The van der Waals surface area contributed by atoms with Crippen LogP contribution in [0.25, 0.3) is 5.65 Å². The molecule has 0 radical (unpaired) electrons. The zero-order valence-electron chi connectivity index (χ0n) is 6.17. The second-order valence-electron chi connectivity index (χ2n) is 2.48. The van der Waals surface area contributed by atoms with E-state index in [1.165, 1.54) is 0 Å². The van der Waals surface area contributed by atoms with E-state index in [1.807, 2.05) is 28.9 Å². The molecule has 2 aromatic heterocycles. The summed E-state index contributed by atoms with van der Waals surface area (Å²) in [6.07, 6.45) is 3.88. The predicted molar refractivity (Wildman–Crippen MR) is 52.4 cm³/mol. The minimum Gasteiger partial charge on any atom is -0.306 e. The van der Waals surface area contributed by atoms with E-state index >= 15 is 0 Å². The number of rotatable bonds is 1. The van der Waals surface area contributed by atoms with Crippen LogP contribution in [0, 0.1) is 0 Å². The van der Waals surface area contributed by atoms with Crippen LogP contribution in [0.2, 0.25) is 0 Å². The number of aromatic nitrogens is 2. The standard InChI is InChI=1S/C8H6BrClN2/c9-6-1-2-8-11-7(3-10)5-12(8)4-6/h1-2,4-5H,3H2. The van der Waals surface area contributed by atoms with Gasteiger partial charge in [0.1, 0.15) is 5.65 Å². The van der Waals surface area contributed by atoms with E-state index < -0.39 is 0 Å². The fraction of sp³-hybridized carbons (Fsp3) is 0.125. The molecule has 0 spiro atoms. The van der Waals surface area contributed by atoms with Gasteiger partial charge in [0.2, 0.25) is 0 Å². The summed E-state index contributed by atoms with van der Waals surface area (Å²) in [5, 5.41) is 0. The Kier molecular flexibility index (Phi) is 2.07. The molecule has 0 fully saturated rings. The number of alkyl halides is 1. The molecule has 0 aromatic carbocycles. The molecule has 0 saturated carbocycles. The van der Waals surface area contributed by atoms with E-state index in [2.05, 4.69) is 20.9 Å². The number of fused-ring (bicyclic) bond motifs is 1. The van der Waals surface area contributed by atoms with Gasteiger partial charge in [-0.3, -0.25) is 0 Å². The lowest BCUT2D eigenvalue weighted by atomic mass is 10.5. The van der Waals surface area contributed by atoms with Crippen LogP contribution in [0.1, 0.15) is 5.69 Å². The molecule has 0 atom stereocenters. The highest BCUT2D eigenvalue weighted by Crippen LogP contribution is 2.12. The zero-order valence-corrected chi connectivity index (χ0v) is 8.51. The van der Waals surface area contributed by atoms with E-state index in [0.29, 0.717) is 5.88 Å². The normalized spacial score (nSPS) is 10.8. The fourth-order valence-electron chi connectivity index (χ4n) is 1.08. The summed E-state index contributed by atoms with van der Waals surface area (Å²) in [4.78, 5) is 4.28. The lowest BCUT2D eigenvalue weighted by molar-refractivity contribution is 1.17. The van der Waals surface area contributed by atoms with Crippen molar-refractivity contribution in [1.29, 1.82) is 0 Å². The summed E-state index contributed by atoms with van der Waals surface area (Å²) in [7, 11) is 0. The summed E-state index contributed by atoms with van der Waals surface area (Å²) < 4.78 is 2.98. The third-order valence-corrected chi connectivity index (χ3v) is 2.34. The summed E-state index contributed by atoms with van der Waals surface area (Å²) >= 11 is 9.03. The number of halogens is 2. The quantitative estimate of drug-likeness (QED) is 0.706. The number of hydrogen-bond donors (Lipinski definition) is 0. The number of imidazole rings is 1. The summed E-state index contributed by atoms with van der Waals surface area (Å²) in [6.45, 7) is 0. The first-order valence-electron chi connectivity index (χ1n) is 3.49. The molecule has 0 amide bonds. The first-order valence-corrected chi connectivity index (χ1v) is 4.81. The van der Waals surface area contributed by atoms with Crippen LogP contribution in [-0.4, -0.2) is 9.38 Å². The van der Waals surface area contributed by atoms with Crippen molar-refractivity contribution in [3.63, 3.8) is 0 Å². The SMILES string of the molecule is ClCc1cn2cc(Br)ccc2n1. The van der Waals surface area contributed by atoms with Gasteiger partial charge in [0.05, 0.1) is 11.6 Å². The van der Waals surface area contributed by atoms with Gasteiger partial charge in [-0.1, -0.05) is 0 Å². The first-order chi connectivity index (χ1) is 5.79. The highest BCUT2D eigenvalue weighted by Gasteiger charge is 1.99. The molecule has 0 unspecified atom stereocenters. The highest BCUT2D eigenvalue weighted by molar-refractivity contribution is 9.10. The van der Waals surface area contributed by atoms with Crippen molar-refractivity contribution in [1.82, 2.24) is 9.38 Å². The van der Waals surface area contributed by atoms with Gasteiger partial charge in [0.25, 0.3) is 0 Å². The Bertz CT molecular complexity index is 410. The molecule has 2 nitrogen and oxygen atoms in total. The van der Waals surface area contributed by atoms with Crippen molar-refractivity contribution in [3.05, 3.63) is 34.7 Å². The second-order valence-corrected chi connectivity index (χ2v) is 3.66. The van der Waals surface area contributed by atoms with E-state index in [1.54, 1.807) is 0 Å². The molecule has 12 heavy (non-hydrogen) atoms. The van der Waals surface area contributed by atoms with Crippen LogP contribution in [0.3, 0.4) is 0 Å². The van der Waals surface area contributed by atoms with Crippen LogP contribution >= 0.6 is 27.5 Å². The molecule has 2 aromatic rings. The third kappa shape index (κ3) is 1.34. The molecule has 2 rings (SSSR count). The zero-order chi connectivity index (χ0) is 8.55. The van der Waals surface area contributed by atoms with Gasteiger partial charge in [0, 0.05) is 16.9 Å². The third-order valence-electron chi connectivity index (χ3n) is 1.60. The molecule has 0 N–H and O–H groups in total. The largest absolute Gasteiger partial charge is 0.306 e. The first kappa shape index (κ1) is 8.08. The molecule has 0 bridgehead atoms. The Labute approximate surface area is 83.3 Å². The smallest absolute Gasteiger partial charge is 0.137 e. The van der Waals surface area contributed by atoms with Gasteiger partial charge in [-0.25, -0.2) is 4.98 Å². The summed E-state index contributed by atoms with van der Waals surface area (Å²) in [5.41, 5.74) is 1.82. The van der Waals surface area contributed by atoms with Crippen LogP contribution in [0.4, 0.5) is 0 Å². The molecule has 0 saturated heterocycles. The van der Waals surface area contributed by atoms with Crippen molar-refractivity contribution in [2.24, 2.45) is 0 Å². The lowest BCUT2D eigenvalue weighted by Gasteiger charge is -1.91. The molecule has 62 valence electrons. The van der Waals surface area contributed by atoms with Crippen LogP contribution in [0.15, 0.2) is 29.0 Å². The van der Waals surface area contributed by atoms with Gasteiger partial charge >= 0.3 is 0 Å². The number of pyridine rings is 1. The maximum Gasteiger partial charge on any atom is 0.137 e. The molecule has 0 aliphatic rings. The minimum absolute atomic E-state index is 0.458. The Balaban J connectivity index is 2.67. The Morgan fingerprint density at radius 3 is 3.00 bits per heavy atom. The van der Waals surface area contributed by atoms with Crippen LogP contribution in [0.5, 0.6) is 0 Å². The lowest BCUT2D eigenvalue weighted by Crippen LogP contribution is -1.80.